The number of aliphatic hydroxyl groups excluding tert-OH is 1. The van der Waals surface area contributed by atoms with Gasteiger partial charge in [0.25, 0.3) is 0 Å². The van der Waals surface area contributed by atoms with E-state index in [-0.39, 0.29) is 6.10 Å². The van der Waals surface area contributed by atoms with Crippen LogP contribution in [-0.4, -0.2) is 5.11 Å². The van der Waals surface area contributed by atoms with Crippen molar-refractivity contribution in [1.29, 1.82) is 0 Å². The first-order valence-corrected chi connectivity index (χ1v) is 5.76. The summed E-state index contributed by atoms with van der Waals surface area (Å²) in [7, 11) is 0. The summed E-state index contributed by atoms with van der Waals surface area (Å²) in [6, 6.07) is 2.07. The summed E-state index contributed by atoms with van der Waals surface area (Å²) in [5, 5.41) is 12.0. The van der Waals surface area contributed by atoms with Gasteiger partial charge < -0.3 is 5.11 Å². The van der Waals surface area contributed by atoms with Crippen LogP contribution in [0.3, 0.4) is 0 Å². The van der Waals surface area contributed by atoms with Gasteiger partial charge in [0.2, 0.25) is 0 Å². The molecule has 1 heterocycles. The van der Waals surface area contributed by atoms with Gasteiger partial charge >= 0.3 is 0 Å². The van der Waals surface area contributed by atoms with E-state index in [0.29, 0.717) is 5.92 Å². The molecule has 1 nitrogen and oxygen atoms in total. The van der Waals surface area contributed by atoms with Gasteiger partial charge in [-0.05, 0) is 36.3 Å². The van der Waals surface area contributed by atoms with E-state index in [0.717, 1.165) is 17.7 Å². The van der Waals surface area contributed by atoms with Gasteiger partial charge in [-0.3, -0.25) is 0 Å². The van der Waals surface area contributed by atoms with Crippen LogP contribution >= 0.6 is 11.3 Å². The van der Waals surface area contributed by atoms with E-state index in [1.54, 1.807) is 11.3 Å². The molecular formula is C11H18OS. The summed E-state index contributed by atoms with van der Waals surface area (Å²) in [4.78, 5) is 1.14. The lowest BCUT2D eigenvalue weighted by Gasteiger charge is -2.17. The minimum atomic E-state index is -0.264. The minimum absolute atomic E-state index is 0.264. The third kappa shape index (κ3) is 2.55. The number of aliphatic hydroxyl groups is 1. The molecule has 1 aromatic rings. The Morgan fingerprint density at radius 2 is 2.23 bits per heavy atom. The molecule has 0 fully saturated rings. The van der Waals surface area contributed by atoms with Crippen LogP contribution in [0.25, 0.3) is 0 Å². The van der Waals surface area contributed by atoms with E-state index in [2.05, 4.69) is 26.8 Å². The zero-order valence-electron chi connectivity index (χ0n) is 8.58. The standard InChI is InChI=1S/C11H18OS/c1-4-5-8(2)10(12)11-9(3)6-7-13-11/h6-8,10,12H,4-5H2,1-3H3. The Balaban J connectivity index is 2.67. The number of hydrogen-bond donors (Lipinski definition) is 1. The summed E-state index contributed by atoms with van der Waals surface area (Å²) in [5.41, 5.74) is 1.22. The molecule has 74 valence electrons. The average Bonchev–Trinajstić information content (AvgIpc) is 2.50. The highest BCUT2D eigenvalue weighted by Crippen LogP contribution is 2.31. The van der Waals surface area contributed by atoms with Crippen LogP contribution in [0.4, 0.5) is 0 Å². The fourth-order valence-corrected chi connectivity index (χ4v) is 2.60. The first-order chi connectivity index (χ1) is 6.16. The van der Waals surface area contributed by atoms with E-state index in [1.165, 1.54) is 5.56 Å². The lowest BCUT2D eigenvalue weighted by atomic mass is 9.97. The maximum atomic E-state index is 10.0. The van der Waals surface area contributed by atoms with Crippen LogP contribution in [0.15, 0.2) is 11.4 Å². The molecule has 0 aromatic carbocycles. The van der Waals surface area contributed by atoms with Gasteiger partial charge in [-0.1, -0.05) is 20.3 Å². The quantitative estimate of drug-likeness (QED) is 0.784. The molecule has 2 atom stereocenters. The Labute approximate surface area is 84.4 Å². The van der Waals surface area contributed by atoms with Crippen molar-refractivity contribution in [2.75, 3.05) is 0 Å². The van der Waals surface area contributed by atoms with Gasteiger partial charge in [0.1, 0.15) is 0 Å². The Morgan fingerprint density at radius 3 is 2.69 bits per heavy atom. The Kier molecular flexibility index (Phi) is 3.94. The van der Waals surface area contributed by atoms with E-state index in [9.17, 15) is 5.11 Å². The molecule has 13 heavy (non-hydrogen) atoms. The summed E-state index contributed by atoms with van der Waals surface area (Å²) in [5.74, 6) is 0.377. The van der Waals surface area contributed by atoms with Crippen LogP contribution < -0.4 is 0 Å². The predicted octanol–water partition coefficient (Wildman–Crippen LogP) is 3.53. The normalized spacial score (nSPS) is 15.7. The Hall–Kier alpha value is -0.340. The second-order valence-corrected chi connectivity index (χ2v) is 4.63. The van der Waals surface area contributed by atoms with Crippen molar-refractivity contribution < 1.29 is 5.11 Å². The van der Waals surface area contributed by atoms with E-state index in [1.807, 2.05) is 5.38 Å². The highest BCUT2D eigenvalue weighted by molar-refractivity contribution is 7.10. The third-order valence-electron chi connectivity index (χ3n) is 2.45. The van der Waals surface area contributed by atoms with E-state index in [4.69, 9.17) is 0 Å². The molecule has 1 rings (SSSR count). The topological polar surface area (TPSA) is 20.2 Å². The van der Waals surface area contributed by atoms with Gasteiger partial charge in [0, 0.05) is 4.88 Å². The maximum absolute atomic E-state index is 10.0. The molecule has 1 N–H and O–H groups in total. The molecule has 0 radical (unpaired) electrons. The van der Waals surface area contributed by atoms with Gasteiger partial charge in [-0.2, -0.15) is 0 Å². The van der Waals surface area contributed by atoms with Crippen LogP contribution in [0.2, 0.25) is 0 Å². The molecule has 0 bridgehead atoms. The predicted molar refractivity (Wildman–Crippen MR) is 58.1 cm³/mol. The second kappa shape index (κ2) is 4.77. The monoisotopic (exact) mass is 198 g/mol. The summed E-state index contributed by atoms with van der Waals surface area (Å²) in [6.45, 7) is 6.34. The largest absolute Gasteiger partial charge is 0.387 e. The fourth-order valence-electron chi connectivity index (χ4n) is 1.56. The van der Waals surface area contributed by atoms with Crippen molar-refractivity contribution in [2.45, 2.75) is 39.7 Å². The molecule has 0 amide bonds. The maximum Gasteiger partial charge on any atom is 0.0910 e. The van der Waals surface area contributed by atoms with Crippen LogP contribution in [0.1, 0.15) is 43.2 Å². The lowest BCUT2D eigenvalue weighted by Crippen LogP contribution is -2.08. The highest BCUT2D eigenvalue weighted by atomic mass is 32.1. The molecule has 1 aromatic heterocycles. The first kappa shape index (κ1) is 10.7. The van der Waals surface area contributed by atoms with Gasteiger partial charge in [-0.25, -0.2) is 0 Å². The first-order valence-electron chi connectivity index (χ1n) is 4.88. The molecule has 2 unspecified atom stereocenters. The molecule has 0 spiro atoms. The zero-order chi connectivity index (χ0) is 9.84. The van der Waals surface area contributed by atoms with E-state index >= 15 is 0 Å². The van der Waals surface area contributed by atoms with Crippen molar-refractivity contribution >= 4 is 11.3 Å². The molecule has 0 saturated carbocycles. The van der Waals surface area contributed by atoms with Crippen molar-refractivity contribution in [1.82, 2.24) is 0 Å². The SMILES string of the molecule is CCCC(C)C(O)c1sccc1C. The number of thiophene rings is 1. The molecule has 0 aliphatic rings. The fraction of sp³-hybridized carbons (Fsp3) is 0.636. The molecule has 2 heteroatoms. The van der Waals surface area contributed by atoms with Crippen molar-refractivity contribution in [3.63, 3.8) is 0 Å². The highest BCUT2D eigenvalue weighted by Gasteiger charge is 2.18. The Bertz CT molecular complexity index is 254. The van der Waals surface area contributed by atoms with Crippen LogP contribution in [0.5, 0.6) is 0 Å². The van der Waals surface area contributed by atoms with Gasteiger partial charge in [-0.15, -0.1) is 11.3 Å². The van der Waals surface area contributed by atoms with Crippen LogP contribution in [-0.2, 0) is 0 Å². The van der Waals surface area contributed by atoms with Crippen LogP contribution in [0, 0.1) is 12.8 Å². The molecule has 0 saturated heterocycles. The average molecular weight is 198 g/mol. The number of aryl methyl sites for hydroxylation is 1. The summed E-state index contributed by atoms with van der Waals surface area (Å²) in [6.07, 6.45) is 1.97. The smallest absolute Gasteiger partial charge is 0.0910 e. The molecule has 0 aliphatic carbocycles. The van der Waals surface area contributed by atoms with Gasteiger partial charge in [0.15, 0.2) is 0 Å². The van der Waals surface area contributed by atoms with Crippen molar-refractivity contribution in [3.8, 4) is 0 Å². The van der Waals surface area contributed by atoms with Crippen molar-refractivity contribution in [3.05, 3.63) is 21.9 Å². The van der Waals surface area contributed by atoms with Crippen molar-refractivity contribution in [2.24, 2.45) is 5.92 Å². The lowest BCUT2D eigenvalue weighted by molar-refractivity contribution is 0.115. The summed E-state index contributed by atoms with van der Waals surface area (Å²) >= 11 is 1.66. The number of hydrogen-bond acceptors (Lipinski definition) is 2. The Morgan fingerprint density at radius 1 is 1.54 bits per heavy atom. The summed E-state index contributed by atoms with van der Waals surface area (Å²) < 4.78 is 0. The second-order valence-electron chi connectivity index (χ2n) is 3.68. The minimum Gasteiger partial charge on any atom is -0.387 e. The zero-order valence-corrected chi connectivity index (χ0v) is 9.40. The number of rotatable bonds is 4. The molecular weight excluding hydrogens is 180 g/mol. The molecule has 0 aliphatic heterocycles. The van der Waals surface area contributed by atoms with E-state index < -0.39 is 0 Å². The van der Waals surface area contributed by atoms with Gasteiger partial charge in [0.05, 0.1) is 6.10 Å². The third-order valence-corrected chi connectivity index (χ3v) is 3.54.